The van der Waals surface area contributed by atoms with E-state index in [4.69, 9.17) is 9.97 Å². The lowest BCUT2D eigenvalue weighted by atomic mass is 9.82. The summed E-state index contributed by atoms with van der Waals surface area (Å²) in [7, 11) is 0. The van der Waals surface area contributed by atoms with Gasteiger partial charge in [0.05, 0.1) is 28.0 Å². The summed E-state index contributed by atoms with van der Waals surface area (Å²) in [6.45, 7) is 4.47. The van der Waals surface area contributed by atoms with Crippen LogP contribution in [0.1, 0.15) is 25.0 Å². The van der Waals surface area contributed by atoms with Crippen molar-refractivity contribution < 1.29 is 5.11 Å². The number of hydrogen-bond donors (Lipinski definition) is 1. The number of nitrogens with zero attached hydrogens (tertiary/aromatic N) is 3. The molecule has 9 aromatic rings. The number of phenolic OH excluding ortho intramolecular Hbond substituents is 1. The minimum Gasteiger partial charge on any atom is -0.507 e. The van der Waals surface area contributed by atoms with Gasteiger partial charge >= 0.3 is 0 Å². The van der Waals surface area contributed by atoms with Crippen molar-refractivity contribution in [3.63, 3.8) is 0 Å². The number of pyridine rings is 1. The van der Waals surface area contributed by atoms with Crippen LogP contribution in [-0.4, -0.2) is 19.6 Å². The summed E-state index contributed by atoms with van der Waals surface area (Å²) >= 11 is 0. The predicted octanol–water partition coefficient (Wildman–Crippen LogP) is 12.8. The molecule has 1 N–H and O–H groups in total. The highest BCUT2D eigenvalue weighted by Gasteiger charge is 2.37. The van der Waals surface area contributed by atoms with Crippen molar-refractivity contribution in [2.45, 2.75) is 19.3 Å². The number of para-hydroxylation sites is 2. The first kappa shape index (κ1) is 32.6. The van der Waals surface area contributed by atoms with Crippen LogP contribution in [0.5, 0.6) is 5.75 Å². The molecule has 0 radical (unpaired) electrons. The molecule has 1 aliphatic rings. The average Bonchev–Trinajstić information content (AvgIpc) is 3.73. The highest BCUT2D eigenvalue weighted by atomic mass is 16.3. The van der Waals surface area contributed by atoms with Crippen molar-refractivity contribution in [3.05, 3.63) is 193 Å². The van der Waals surface area contributed by atoms with Crippen LogP contribution >= 0.6 is 0 Å². The lowest BCUT2D eigenvalue weighted by Gasteiger charge is -2.22. The molecular weight excluding hydrogens is 671 g/mol. The van der Waals surface area contributed by atoms with Gasteiger partial charge in [0.2, 0.25) is 0 Å². The van der Waals surface area contributed by atoms with Crippen LogP contribution in [0.3, 0.4) is 0 Å². The van der Waals surface area contributed by atoms with Gasteiger partial charge in [-0.05, 0) is 99.1 Å². The number of benzene rings is 7. The zero-order chi connectivity index (χ0) is 37.1. The van der Waals surface area contributed by atoms with Gasteiger partial charge in [0.25, 0.3) is 0 Å². The lowest BCUT2D eigenvalue weighted by Crippen LogP contribution is -2.14. The SMILES string of the molecule is CC1(C)c2ccccc2-c2cc(-c3nc4c(-c5cc(-c6ccccc6)cc(-c6ccccn6)c5)cccc4n3-c3ccccc3-c3ccccc3)c(O)cc21. The molecule has 7 aromatic carbocycles. The highest BCUT2D eigenvalue weighted by Crippen LogP contribution is 2.52. The summed E-state index contributed by atoms with van der Waals surface area (Å²) in [4.78, 5) is 10.3. The summed E-state index contributed by atoms with van der Waals surface area (Å²) < 4.78 is 2.23. The molecule has 10 rings (SSSR count). The van der Waals surface area contributed by atoms with Gasteiger partial charge in [-0.25, -0.2) is 4.98 Å². The van der Waals surface area contributed by atoms with Crippen LogP contribution in [0.25, 0.3) is 83.9 Å². The summed E-state index contributed by atoms with van der Waals surface area (Å²) in [6, 6.07) is 61.2. The number of hydrogen-bond acceptors (Lipinski definition) is 3. The third kappa shape index (κ3) is 5.37. The second-order valence-corrected chi connectivity index (χ2v) is 14.8. The van der Waals surface area contributed by atoms with Gasteiger partial charge in [-0.1, -0.05) is 135 Å². The summed E-state index contributed by atoms with van der Waals surface area (Å²) in [6.07, 6.45) is 1.84. The Bertz CT molecular complexity index is 2830. The van der Waals surface area contributed by atoms with E-state index in [-0.39, 0.29) is 11.2 Å². The van der Waals surface area contributed by atoms with E-state index in [2.05, 4.69) is 164 Å². The molecule has 0 spiro atoms. The molecule has 0 aliphatic heterocycles. The molecule has 0 unspecified atom stereocenters. The third-order valence-corrected chi connectivity index (χ3v) is 11.2. The smallest absolute Gasteiger partial charge is 0.149 e. The molecule has 2 heterocycles. The number of phenols is 1. The lowest BCUT2D eigenvalue weighted by molar-refractivity contribution is 0.474. The first-order valence-electron chi connectivity index (χ1n) is 18.7. The second-order valence-electron chi connectivity index (χ2n) is 14.8. The minimum atomic E-state index is -0.246. The summed E-state index contributed by atoms with van der Waals surface area (Å²) in [5, 5.41) is 12.1. The van der Waals surface area contributed by atoms with Gasteiger partial charge in [-0.2, -0.15) is 0 Å². The molecule has 4 nitrogen and oxygen atoms in total. The van der Waals surface area contributed by atoms with Gasteiger partial charge in [0.1, 0.15) is 11.6 Å². The predicted molar refractivity (Wildman–Crippen MR) is 225 cm³/mol. The monoisotopic (exact) mass is 707 g/mol. The van der Waals surface area contributed by atoms with E-state index in [0.29, 0.717) is 11.4 Å². The first-order valence-corrected chi connectivity index (χ1v) is 18.7. The number of aromatic hydroxyl groups is 1. The molecule has 0 amide bonds. The van der Waals surface area contributed by atoms with Gasteiger partial charge < -0.3 is 5.11 Å². The van der Waals surface area contributed by atoms with Crippen LogP contribution in [0, 0.1) is 0 Å². The van der Waals surface area contributed by atoms with Crippen molar-refractivity contribution in [2.75, 3.05) is 0 Å². The Kier molecular flexibility index (Phi) is 7.60. The van der Waals surface area contributed by atoms with Crippen molar-refractivity contribution >= 4 is 11.0 Å². The zero-order valence-corrected chi connectivity index (χ0v) is 30.6. The second kappa shape index (κ2) is 12.8. The van der Waals surface area contributed by atoms with Crippen molar-refractivity contribution in [1.82, 2.24) is 14.5 Å². The Labute approximate surface area is 320 Å². The fraction of sp³-hybridized carbons (Fsp3) is 0.0588. The number of imidazole rings is 1. The molecule has 2 aromatic heterocycles. The van der Waals surface area contributed by atoms with Crippen LogP contribution < -0.4 is 0 Å². The van der Waals surface area contributed by atoms with E-state index < -0.39 is 0 Å². The Hall–Kier alpha value is -7.04. The summed E-state index contributed by atoms with van der Waals surface area (Å²) in [5.74, 6) is 0.885. The van der Waals surface area contributed by atoms with E-state index in [1.165, 1.54) is 11.1 Å². The Morgan fingerprint density at radius 1 is 0.473 bits per heavy atom. The quantitative estimate of drug-likeness (QED) is 0.187. The van der Waals surface area contributed by atoms with Crippen molar-refractivity contribution in [3.8, 4) is 78.6 Å². The van der Waals surface area contributed by atoms with Crippen LogP contribution in [0.15, 0.2) is 182 Å². The largest absolute Gasteiger partial charge is 0.507 e. The third-order valence-electron chi connectivity index (χ3n) is 11.2. The molecule has 55 heavy (non-hydrogen) atoms. The zero-order valence-electron chi connectivity index (χ0n) is 30.6. The normalized spacial score (nSPS) is 12.8. The maximum atomic E-state index is 12.1. The molecule has 0 saturated heterocycles. The van der Waals surface area contributed by atoms with Crippen molar-refractivity contribution in [1.29, 1.82) is 0 Å². The molecule has 4 heteroatoms. The maximum Gasteiger partial charge on any atom is 0.149 e. The van der Waals surface area contributed by atoms with Gasteiger partial charge in [-0.15, -0.1) is 0 Å². The van der Waals surface area contributed by atoms with Crippen LogP contribution in [0.2, 0.25) is 0 Å². The molecule has 0 bridgehead atoms. The highest BCUT2D eigenvalue weighted by molar-refractivity contribution is 5.99. The average molecular weight is 708 g/mol. The molecule has 0 fully saturated rings. The van der Waals surface area contributed by atoms with E-state index in [0.717, 1.165) is 72.5 Å². The molecule has 0 atom stereocenters. The molecule has 262 valence electrons. The summed E-state index contributed by atoms with van der Waals surface area (Å²) in [5.41, 5.74) is 16.3. The topological polar surface area (TPSA) is 50.9 Å². The molecular formula is C51H37N3O. The standard InChI is InChI=1S/C51H37N3O/c1-51(2)43-23-11-9-21-40(43)41-31-42(48(55)32-44(41)51)50-53-49-39(22-15-26-47(49)54(50)46-25-12-10-20-38(46)34-18-7-4-8-19-34)36-28-35(33-16-5-3-6-17-33)29-37(30-36)45-24-13-14-27-52-45/h3-32,55H,1-2H3. The number of fused-ring (bicyclic) bond motifs is 4. The van der Waals surface area contributed by atoms with Gasteiger partial charge in [0.15, 0.2) is 0 Å². The van der Waals surface area contributed by atoms with E-state index in [1.807, 2.05) is 36.5 Å². The fourth-order valence-electron chi connectivity index (χ4n) is 8.46. The van der Waals surface area contributed by atoms with E-state index >= 15 is 0 Å². The first-order chi connectivity index (χ1) is 27.0. The Balaban J connectivity index is 1.27. The number of rotatable bonds is 6. The minimum absolute atomic E-state index is 0.207. The van der Waals surface area contributed by atoms with Crippen LogP contribution in [-0.2, 0) is 5.41 Å². The van der Waals surface area contributed by atoms with E-state index in [9.17, 15) is 5.11 Å². The number of aromatic nitrogens is 3. The molecule has 1 aliphatic carbocycles. The van der Waals surface area contributed by atoms with E-state index in [1.54, 1.807) is 0 Å². The fourth-order valence-corrected chi connectivity index (χ4v) is 8.46. The maximum absolute atomic E-state index is 12.1. The van der Waals surface area contributed by atoms with Crippen molar-refractivity contribution in [2.24, 2.45) is 0 Å². The molecule has 0 saturated carbocycles. The van der Waals surface area contributed by atoms with Crippen LogP contribution in [0.4, 0.5) is 0 Å². The van der Waals surface area contributed by atoms with Gasteiger partial charge in [0, 0.05) is 28.3 Å². The van der Waals surface area contributed by atoms with Gasteiger partial charge in [-0.3, -0.25) is 9.55 Å². The Morgan fingerprint density at radius 2 is 1.13 bits per heavy atom. The Morgan fingerprint density at radius 3 is 1.91 bits per heavy atom.